The van der Waals surface area contributed by atoms with Gasteiger partial charge in [0.2, 0.25) is 0 Å². The van der Waals surface area contributed by atoms with Crippen LogP contribution in [0.4, 0.5) is 0 Å². The summed E-state index contributed by atoms with van der Waals surface area (Å²) in [7, 11) is 1.57. The summed E-state index contributed by atoms with van der Waals surface area (Å²) in [5, 5.41) is 14.2. The standard InChI is InChI=1S/C17H18BrN3O3/c1-4-24-16-14(18)9-12(10-15(16)23-3)8-13-11(2)20-21(17(13)22)7-5-6-19/h8-10H,4-5,7H2,1-3H3/b13-8-. The van der Waals surface area contributed by atoms with Crippen molar-refractivity contribution in [2.45, 2.75) is 20.3 Å². The predicted molar refractivity (Wildman–Crippen MR) is 94.9 cm³/mol. The van der Waals surface area contributed by atoms with Crippen LogP contribution in [-0.4, -0.2) is 36.9 Å². The molecule has 6 nitrogen and oxygen atoms in total. The molecule has 0 unspecified atom stereocenters. The summed E-state index contributed by atoms with van der Waals surface area (Å²) in [6, 6.07) is 5.68. The number of hydrazone groups is 1. The van der Waals surface area contributed by atoms with Crippen molar-refractivity contribution in [1.29, 1.82) is 5.26 Å². The lowest BCUT2D eigenvalue weighted by atomic mass is 10.1. The van der Waals surface area contributed by atoms with E-state index in [1.807, 2.05) is 19.1 Å². The van der Waals surface area contributed by atoms with Gasteiger partial charge >= 0.3 is 0 Å². The first-order valence-corrected chi connectivity index (χ1v) is 8.27. The molecule has 0 radical (unpaired) electrons. The number of nitriles is 1. The molecule has 0 fully saturated rings. The van der Waals surface area contributed by atoms with E-state index in [1.165, 1.54) is 5.01 Å². The second kappa shape index (κ2) is 7.97. The fourth-order valence-electron chi connectivity index (χ4n) is 2.32. The van der Waals surface area contributed by atoms with Crippen LogP contribution in [0, 0.1) is 11.3 Å². The minimum Gasteiger partial charge on any atom is -0.493 e. The molecule has 1 amide bonds. The number of ether oxygens (including phenoxy) is 2. The van der Waals surface area contributed by atoms with Gasteiger partial charge in [-0.05, 0) is 53.5 Å². The van der Waals surface area contributed by atoms with Crippen molar-refractivity contribution in [2.75, 3.05) is 20.3 Å². The number of benzene rings is 1. The molecule has 1 heterocycles. The summed E-state index contributed by atoms with van der Waals surface area (Å²) in [6.45, 7) is 4.49. The van der Waals surface area contributed by atoms with Gasteiger partial charge in [0.15, 0.2) is 11.5 Å². The average molecular weight is 392 g/mol. The van der Waals surface area contributed by atoms with E-state index >= 15 is 0 Å². The first-order valence-electron chi connectivity index (χ1n) is 7.48. The number of amides is 1. The maximum Gasteiger partial charge on any atom is 0.275 e. The van der Waals surface area contributed by atoms with Gasteiger partial charge in [0, 0.05) is 0 Å². The molecule has 0 saturated heterocycles. The van der Waals surface area contributed by atoms with Crippen LogP contribution in [0.1, 0.15) is 25.8 Å². The van der Waals surface area contributed by atoms with Crippen molar-refractivity contribution < 1.29 is 14.3 Å². The average Bonchev–Trinajstić information content (AvgIpc) is 2.82. The van der Waals surface area contributed by atoms with Crippen LogP contribution in [0.5, 0.6) is 11.5 Å². The zero-order valence-corrected chi connectivity index (χ0v) is 15.4. The highest BCUT2D eigenvalue weighted by molar-refractivity contribution is 9.10. The highest BCUT2D eigenvalue weighted by atomic mass is 79.9. The maximum absolute atomic E-state index is 12.4. The van der Waals surface area contributed by atoms with Crippen LogP contribution in [0.15, 0.2) is 27.3 Å². The number of methoxy groups -OCH3 is 1. The lowest BCUT2D eigenvalue weighted by Gasteiger charge is -2.12. The Morgan fingerprint density at radius 1 is 1.46 bits per heavy atom. The quantitative estimate of drug-likeness (QED) is 0.696. The first-order chi connectivity index (χ1) is 11.5. The molecule has 24 heavy (non-hydrogen) atoms. The van der Waals surface area contributed by atoms with Crippen LogP contribution < -0.4 is 9.47 Å². The monoisotopic (exact) mass is 391 g/mol. The van der Waals surface area contributed by atoms with Gasteiger partial charge in [-0.3, -0.25) is 4.79 Å². The fraction of sp³-hybridized carbons (Fsp3) is 0.353. The van der Waals surface area contributed by atoms with Crippen LogP contribution >= 0.6 is 15.9 Å². The van der Waals surface area contributed by atoms with E-state index in [2.05, 4.69) is 21.0 Å². The molecular weight excluding hydrogens is 374 g/mol. The molecule has 0 atom stereocenters. The molecule has 0 aliphatic carbocycles. The Balaban J connectivity index is 2.35. The Morgan fingerprint density at radius 2 is 2.21 bits per heavy atom. The number of halogens is 1. The molecule has 1 aliphatic heterocycles. The molecule has 1 aromatic carbocycles. The van der Waals surface area contributed by atoms with E-state index < -0.39 is 0 Å². The Hall–Kier alpha value is -2.33. The maximum atomic E-state index is 12.4. The Kier molecular flexibility index (Phi) is 5.99. The van der Waals surface area contributed by atoms with Crippen LogP contribution in [0.25, 0.3) is 6.08 Å². The molecule has 0 N–H and O–H groups in total. The molecular formula is C17H18BrN3O3. The van der Waals surface area contributed by atoms with Gasteiger partial charge in [-0.25, -0.2) is 5.01 Å². The van der Waals surface area contributed by atoms with Crippen molar-refractivity contribution in [3.05, 3.63) is 27.7 Å². The Morgan fingerprint density at radius 3 is 2.83 bits per heavy atom. The van der Waals surface area contributed by atoms with Gasteiger partial charge in [-0.1, -0.05) is 0 Å². The third kappa shape index (κ3) is 3.77. The Bertz CT molecular complexity index is 750. The minimum absolute atomic E-state index is 0.202. The number of nitrogens with zero attached hydrogens (tertiary/aromatic N) is 3. The molecule has 126 valence electrons. The fourth-order valence-corrected chi connectivity index (χ4v) is 2.90. The lowest BCUT2D eigenvalue weighted by molar-refractivity contribution is -0.125. The molecule has 0 spiro atoms. The van der Waals surface area contributed by atoms with E-state index in [-0.39, 0.29) is 12.3 Å². The van der Waals surface area contributed by atoms with Crippen molar-refractivity contribution in [2.24, 2.45) is 5.10 Å². The number of hydrogen-bond acceptors (Lipinski definition) is 5. The van der Waals surface area contributed by atoms with E-state index in [4.69, 9.17) is 14.7 Å². The molecule has 0 bridgehead atoms. The molecule has 0 saturated carbocycles. The number of hydrogen-bond donors (Lipinski definition) is 0. The minimum atomic E-state index is -0.202. The zero-order valence-electron chi connectivity index (χ0n) is 13.8. The second-order valence-electron chi connectivity index (χ2n) is 5.05. The van der Waals surface area contributed by atoms with E-state index in [0.717, 1.165) is 10.0 Å². The highest BCUT2D eigenvalue weighted by Crippen LogP contribution is 2.37. The normalized spacial score (nSPS) is 15.5. The van der Waals surface area contributed by atoms with Gasteiger partial charge in [0.05, 0.1) is 48.5 Å². The summed E-state index contributed by atoms with van der Waals surface area (Å²) >= 11 is 3.47. The van der Waals surface area contributed by atoms with E-state index in [0.29, 0.717) is 35.9 Å². The molecule has 7 heteroatoms. The van der Waals surface area contributed by atoms with Crippen LogP contribution in [0.2, 0.25) is 0 Å². The number of carbonyl (C=O) groups excluding carboxylic acids is 1. The number of rotatable bonds is 6. The molecule has 0 aromatic heterocycles. The Labute approximate surface area is 149 Å². The van der Waals surface area contributed by atoms with Gasteiger partial charge < -0.3 is 9.47 Å². The summed E-state index contributed by atoms with van der Waals surface area (Å²) < 4.78 is 11.7. The van der Waals surface area contributed by atoms with Gasteiger partial charge in [-0.2, -0.15) is 10.4 Å². The van der Waals surface area contributed by atoms with Gasteiger partial charge in [-0.15, -0.1) is 0 Å². The smallest absolute Gasteiger partial charge is 0.275 e. The SMILES string of the molecule is CCOc1c(Br)cc(/C=C2\C(=O)N(CCC#N)N=C2C)cc1OC. The highest BCUT2D eigenvalue weighted by Gasteiger charge is 2.27. The summed E-state index contributed by atoms with van der Waals surface area (Å²) in [5.41, 5.74) is 1.93. The third-order valence-corrected chi connectivity index (χ3v) is 4.00. The van der Waals surface area contributed by atoms with Crippen molar-refractivity contribution >= 4 is 33.6 Å². The third-order valence-electron chi connectivity index (χ3n) is 3.41. The van der Waals surface area contributed by atoms with E-state index in [9.17, 15) is 4.79 Å². The lowest BCUT2D eigenvalue weighted by Crippen LogP contribution is -2.22. The van der Waals surface area contributed by atoms with E-state index in [1.54, 1.807) is 26.2 Å². The largest absolute Gasteiger partial charge is 0.493 e. The zero-order chi connectivity index (χ0) is 17.7. The topological polar surface area (TPSA) is 74.9 Å². The van der Waals surface area contributed by atoms with Crippen LogP contribution in [-0.2, 0) is 4.79 Å². The molecule has 1 aliphatic rings. The molecule has 2 rings (SSSR count). The van der Waals surface area contributed by atoms with Gasteiger partial charge in [0.1, 0.15) is 0 Å². The van der Waals surface area contributed by atoms with Gasteiger partial charge in [0.25, 0.3) is 5.91 Å². The second-order valence-corrected chi connectivity index (χ2v) is 5.90. The first kappa shape index (κ1) is 18.0. The predicted octanol–water partition coefficient (Wildman–Crippen LogP) is 3.37. The summed E-state index contributed by atoms with van der Waals surface area (Å²) in [4.78, 5) is 12.4. The summed E-state index contributed by atoms with van der Waals surface area (Å²) in [6.07, 6.45) is 2.01. The van der Waals surface area contributed by atoms with Crippen molar-refractivity contribution in [1.82, 2.24) is 5.01 Å². The van der Waals surface area contributed by atoms with Crippen molar-refractivity contribution in [3.63, 3.8) is 0 Å². The van der Waals surface area contributed by atoms with Crippen LogP contribution in [0.3, 0.4) is 0 Å². The molecule has 1 aromatic rings. The van der Waals surface area contributed by atoms with Crippen molar-refractivity contribution in [3.8, 4) is 17.6 Å². The summed E-state index contributed by atoms with van der Waals surface area (Å²) in [5.74, 6) is 1.01. The number of carbonyl (C=O) groups is 1.